The van der Waals surface area contributed by atoms with Gasteiger partial charge in [0.2, 0.25) is 11.8 Å². The van der Waals surface area contributed by atoms with Crippen molar-refractivity contribution in [1.82, 2.24) is 15.2 Å². The van der Waals surface area contributed by atoms with E-state index in [0.717, 1.165) is 0 Å². The van der Waals surface area contributed by atoms with E-state index in [4.69, 9.17) is 10.5 Å². The summed E-state index contributed by atoms with van der Waals surface area (Å²) >= 11 is 0. The Morgan fingerprint density at radius 2 is 2.06 bits per heavy atom. The lowest BCUT2D eigenvalue weighted by Crippen LogP contribution is -2.47. The normalized spacial score (nSPS) is 17.4. The van der Waals surface area contributed by atoms with Crippen LogP contribution in [0.25, 0.3) is 10.9 Å². The van der Waals surface area contributed by atoms with Gasteiger partial charge in [0.1, 0.15) is 24.1 Å². The van der Waals surface area contributed by atoms with E-state index in [2.05, 4.69) is 10.6 Å². The summed E-state index contributed by atoms with van der Waals surface area (Å²) in [6, 6.07) is 4.97. The minimum absolute atomic E-state index is 0.0622. The maximum Gasteiger partial charge on any atom is 0.265 e. The Bertz CT molecular complexity index is 1090. The minimum Gasteiger partial charge on any atom is -0.496 e. The van der Waals surface area contributed by atoms with Crippen molar-refractivity contribution in [3.8, 4) is 5.75 Å². The molecule has 0 radical (unpaired) electrons. The van der Waals surface area contributed by atoms with Crippen LogP contribution in [0.5, 0.6) is 5.75 Å². The van der Waals surface area contributed by atoms with Gasteiger partial charge in [0, 0.05) is 17.8 Å². The summed E-state index contributed by atoms with van der Waals surface area (Å²) in [6.07, 6.45) is 0.999. The van der Waals surface area contributed by atoms with Crippen molar-refractivity contribution in [2.24, 2.45) is 17.6 Å². The van der Waals surface area contributed by atoms with Crippen LogP contribution in [0.2, 0.25) is 0 Å². The molecule has 0 aliphatic carbocycles. The zero-order valence-electron chi connectivity index (χ0n) is 19.7. The van der Waals surface area contributed by atoms with Gasteiger partial charge < -0.3 is 30.8 Å². The number of benzene rings is 1. The lowest BCUT2D eigenvalue weighted by atomic mass is 9.95. The molecular weight excluding hydrogens is 440 g/mol. The number of hydrogen-bond donors (Lipinski definition) is 4. The molecule has 34 heavy (non-hydrogen) atoms. The van der Waals surface area contributed by atoms with E-state index in [9.17, 15) is 24.3 Å². The Balaban J connectivity index is 2.02. The summed E-state index contributed by atoms with van der Waals surface area (Å²) < 4.78 is 7.00. The summed E-state index contributed by atoms with van der Waals surface area (Å²) in [5.74, 6) is -1.79. The second-order valence-corrected chi connectivity index (χ2v) is 9.00. The van der Waals surface area contributed by atoms with Gasteiger partial charge in [-0.05, 0) is 43.4 Å². The Labute approximate surface area is 197 Å². The van der Waals surface area contributed by atoms with Gasteiger partial charge in [-0.3, -0.25) is 19.2 Å². The molecule has 3 amide bonds. The zero-order valence-corrected chi connectivity index (χ0v) is 19.7. The van der Waals surface area contributed by atoms with Crippen LogP contribution >= 0.6 is 0 Å². The monoisotopic (exact) mass is 472 g/mol. The molecular formula is C24H32N4O6. The van der Waals surface area contributed by atoms with Gasteiger partial charge in [-0.2, -0.15) is 0 Å². The number of fused-ring (bicyclic) bond motifs is 1. The third-order valence-electron chi connectivity index (χ3n) is 6.17. The summed E-state index contributed by atoms with van der Waals surface area (Å²) in [5, 5.41) is 15.5. The molecule has 5 N–H and O–H groups in total. The lowest BCUT2D eigenvalue weighted by Gasteiger charge is -2.26. The van der Waals surface area contributed by atoms with E-state index in [1.165, 1.54) is 7.11 Å². The molecule has 2 heterocycles. The van der Waals surface area contributed by atoms with Crippen molar-refractivity contribution in [1.29, 1.82) is 0 Å². The number of amides is 3. The van der Waals surface area contributed by atoms with Crippen molar-refractivity contribution in [3.05, 3.63) is 30.0 Å². The van der Waals surface area contributed by atoms with Crippen molar-refractivity contribution < 1.29 is 29.0 Å². The number of carbonyl (C=O) groups excluding carboxylic acids is 4. The molecule has 2 aromatic rings. The molecule has 10 nitrogen and oxygen atoms in total. The van der Waals surface area contributed by atoms with Crippen LogP contribution in [0, 0.1) is 11.8 Å². The topological polar surface area (TPSA) is 153 Å². The van der Waals surface area contributed by atoms with Crippen molar-refractivity contribution in [3.63, 3.8) is 0 Å². The standard InChI is InChI=1S/C24H32N4O6/c1-13(2)9-19(24(33)27-16(20(30)12-29)10-14-7-8-26-23(14)32)28-17-5-4-6-21(34-3)15(17)11-18(28)22(25)31/h4-6,11,13-14,16,19,29H,7-10,12H2,1-3H3,(H2,25,31)(H,26,32)(H,27,33)/t14-,16-,19+/m0/s1. The molecule has 0 bridgehead atoms. The van der Waals surface area contributed by atoms with E-state index in [-0.39, 0.29) is 23.9 Å². The second-order valence-electron chi connectivity index (χ2n) is 9.00. The maximum atomic E-state index is 13.6. The number of hydrogen-bond acceptors (Lipinski definition) is 6. The Morgan fingerprint density at radius 3 is 2.62 bits per heavy atom. The maximum absolute atomic E-state index is 13.6. The Kier molecular flexibility index (Phi) is 7.93. The first-order valence-corrected chi connectivity index (χ1v) is 11.4. The van der Waals surface area contributed by atoms with Crippen LogP contribution in [0.15, 0.2) is 24.3 Å². The number of nitrogens with one attached hydrogen (secondary N) is 2. The molecule has 3 rings (SSSR count). The highest BCUT2D eigenvalue weighted by molar-refractivity contribution is 6.01. The fourth-order valence-electron chi connectivity index (χ4n) is 4.51. The van der Waals surface area contributed by atoms with Gasteiger partial charge in [0.15, 0.2) is 5.78 Å². The zero-order chi connectivity index (χ0) is 25.0. The van der Waals surface area contributed by atoms with Gasteiger partial charge in [0.25, 0.3) is 5.91 Å². The van der Waals surface area contributed by atoms with Crippen LogP contribution < -0.4 is 21.1 Å². The smallest absolute Gasteiger partial charge is 0.265 e. The highest BCUT2D eigenvalue weighted by atomic mass is 16.5. The number of aliphatic hydroxyl groups excluding tert-OH is 1. The first-order chi connectivity index (χ1) is 16.2. The number of ether oxygens (including phenoxy) is 1. The summed E-state index contributed by atoms with van der Waals surface area (Å²) in [6.45, 7) is 3.63. The van der Waals surface area contributed by atoms with Gasteiger partial charge in [-0.1, -0.05) is 19.9 Å². The van der Waals surface area contributed by atoms with Crippen LogP contribution in [0.1, 0.15) is 49.6 Å². The minimum atomic E-state index is -1.03. The molecule has 1 aromatic carbocycles. The number of nitrogens with two attached hydrogens (primary N) is 1. The van der Waals surface area contributed by atoms with E-state index >= 15 is 0 Å². The van der Waals surface area contributed by atoms with Crippen LogP contribution in [0.4, 0.5) is 0 Å². The predicted molar refractivity (Wildman–Crippen MR) is 125 cm³/mol. The second kappa shape index (κ2) is 10.7. The Morgan fingerprint density at radius 1 is 1.32 bits per heavy atom. The Hall–Kier alpha value is -3.40. The van der Waals surface area contributed by atoms with Gasteiger partial charge in [0.05, 0.1) is 18.7 Å². The highest BCUT2D eigenvalue weighted by Gasteiger charge is 2.34. The van der Waals surface area contributed by atoms with E-state index in [0.29, 0.717) is 36.0 Å². The number of methoxy groups -OCH3 is 1. The van der Waals surface area contributed by atoms with Crippen LogP contribution in [-0.2, 0) is 14.4 Å². The van der Waals surface area contributed by atoms with E-state index in [1.54, 1.807) is 28.8 Å². The van der Waals surface area contributed by atoms with Gasteiger partial charge in [-0.15, -0.1) is 0 Å². The largest absolute Gasteiger partial charge is 0.496 e. The fraction of sp³-hybridized carbons (Fsp3) is 0.500. The third-order valence-corrected chi connectivity index (χ3v) is 6.17. The molecule has 184 valence electrons. The fourth-order valence-corrected chi connectivity index (χ4v) is 4.51. The number of aliphatic hydroxyl groups is 1. The molecule has 0 spiro atoms. The van der Waals surface area contributed by atoms with Crippen LogP contribution in [0.3, 0.4) is 0 Å². The average molecular weight is 473 g/mol. The highest BCUT2D eigenvalue weighted by Crippen LogP contribution is 2.33. The number of nitrogens with zero attached hydrogens (tertiary/aromatic N) is 1. The number of Topliss-reactive ketones (excluding diaryl/α,β-unsaturated/α-hetero) is 1. The van der Waals surface area contributed by atoms with Crippen molar-refractivity contribution >= 4 is 34.4 Å². The quantitative estimate of drug-likeness (QED) is 0.381. The SMILES string of the molecule is COc1cccc2c1cc(C(N)=O)n2[C@H](CC(C)C)C(=O)N[C@@H](C[C@@H]1CCNC1=O)C(=O)CO. The molecule has 0 unspecified atom stereocenters. The van der Waals surface area contributed by atoms with E-state index in [1.807, 2.05) is 13.8 Å². The molecule has 1 aliphatic rings. The van der Waals surface area contributed by atoms with E-state index < -0.39 is 42.2 Å². The summed E-state index contributed by atoms with van der Waals surface area (Å²) in [5.41, 5.74) is 6.40. The third kappa shape index (κ3) is 5.22. The molecule has 0 saturated carbocycles. The molecule has 10 heteroatoms. The number of rotatable bonds is 11. The number of aromatic nitrogens is 1. The first-order valence-electron chi connectivity index (χ1n) is 11.4. The lowest BCUT2D eigenvalue weighted by molar-refractivity contribution is -0.132. The number of carbonyl (C=O) groups is 4. The summed E-state index contributed by atoms with van der Waals surface area (Å²) in [7, 11) is 1.51. The molecule has 1 aliphatic heterocycles. The number of primary amides is 1. The predicted octanol–water partition coefficient (Wildman–Crippen LogP) is 0.908. The molecule has 3 atom stereocenters. The van der Waals surface area contributed by atoms with Crippen molar-refractivity contribution in [2.75, 3.05) is 20.3 Å². The number of ketones is 1. The first kappa shape index (κ1) is 25.2. The summed E-state index contributed by atoms with van der Waals surface area (Å²) in [4.78, 5) is 50.4. The molecule has 1 fully saturated rings. The molecule has 1 aromatic heterocycles. The van der Waals surface area contributed by atoms with Gasteiger partial charge >= 0.3 is 0 Å². The molecule has 1 saturated heterocycles. The average Bonchev–Trinajstić information content (AvgIpc) is 3.39. The van der Waals surface area contributed by atoms with Gasteiger partial charge in [-0.25, -0.2) is 0 Å². The van der Waals surface area contributed by atoms with Crippen molar-refractivity contribution in [2.45, 2.75) is 45.2 Å². The van der Waals surface area contributed by atoms with Crippen LogP contribution in [-0.4, -0.2) is 59.5 Å².